The monoisotopic (exact) mass is 329 g/mol. The van der Waals surface area contributed by atoms with Crippen LogP contribution in [0.3, 0.4) is 0 Å². The number of esters is 1. The number of benzene rings is 2. The van der Waals surface area contributed by atoms with Gasteiger partial charge in [-0.3, -0.25) is 9.59 Å². The molecule has 5 heteroatoms. The van der Waals surface area contributed by atoms with Gasteiger partial charge in [-0.25, -0.2) is 0 Å². The molecule has 0 heterocycles. The molecule has 1 aliphatic carbocycles. The van der Waals surface area contributed by atoms with Crippen LogP contribution in [0.5, 0.6) is 5.75 Å². The predicted molar refractivity (Wildman–Crippen MR) is 88.7 cm³/mol. The molecule has 1 saturated carbocycles. The Labute approximate surface area is 139 Å². The van der Waals surface area contributed by atoms with E-state index in [0.29, 0.717) is 16.5 Å². The quantitative estimate of drug-likeness (QED) is 0.683. The maximum Gasteiger partial charge on any atom is 0.321 e. The third-order valence-corrected chi connectivity index (χ3v) is 4.17. The molecular formula is C18H16ClNO3. The van der Waals surface area contributed by atoms with Crippen molar-refractivity contribution in [2.45, 2.75) is 25.2 Å². The second-order valence-electron chi connectivity index (χ2n) is 5.68. The van der Waals surface area contributed by atoms with Gasteiger partial charge in [0, 0.05) is 17.6 Å². The highest BCUT2D eigenvalue weighted by molar-refractivity contribution is 6.30. The van der Waals surface area contributed by atoms with Crippen molar-refractivity contribution >= 4 is 29.2 Å². The third kappa shape index (κ3) is 3.37. The summed E-state index contributed by atoms with van der Waals surface area (Å²) < 4.78 is 5.50. The van der Waals surface area contributed by atoms with E-state index in [1.807, 2.05) is 12.1 Å². The molecule has 1 aliphatic rings. The first kappa shape index (κ1) is 15.6. The van der Waals surface area contributed by atoms with E-state index < -0.39 is 5.41 Å². The molecule has 2 aromatic rings. The van der Waals surface area contributed by atoms with Gasteiger partial charge in [0.15, 0.2) is 0 Å². The fourth-order valence-electron chi connectivity index (χ4n) is 2.52. The molecule has 0 unspecified atom stereocenters. The Morgan fingerprint density at radius 3 is 2.17 bits per heavy atom. The van der Waals surface area contributed by atoms with Crippen LogP contribution in [0.1, 0.15) is 25.3 Å². The van der Waals surface area contributed by atoms with Crippen LogP contribution in [0.15, 0.2) is 48.5 Å². The fraction of sp³-hybridized carbons (Fsp3) is 0.222. The number of halogens is 1. The van der Waals surface area contributed by atoms with Gasteiger partial charge in [-0.1, -0.05) is 23.7 Å². The maximum absolute atomic E-state index is 12.5. The number of anilines is 1. The smallest absolute Gasteiger partial charge is 0.321 e. The summed E-state index contributed by atoms with van der Waals surface area (Å²) in [5, 5.41) is 3.31. The van der Waals surface area contributed by atoms with Crippen LogP contribution >= 0.6 is 11.6 Å². The number of ether oxygens (including phenoxy) is 1. The Morgan fingerprint density at radius 2 is 1.65 bits per heavy atom. The van der Waals surface area contributed by atoms with Gasteiger partial charge in [-0.05, 0) is 54.8 Å². The lowest BCUT2D eigenvalue weighted by molar-refractivity contribution is -0.137. The largest absolute Gasteiger partial charge is 0.426 e. The lowest BCUT2D eigenvalue weighted by atomic mass is 9.96. The first-order chi connectivity index (χ1) is 11.0. The van der Waals surface area contributed by atoms with Crippen molar-refractivity contribution in [3.63, 3.8) is 0 Å². The Balaban J connectivity index is 1.71. The molecule has 1 N–H and O–H groups in total. The Hall–Kier alpha value is -2.33. The summed E-state index contributed by atoms with van der Waals surface area (Å²) in [6.45, 7) is 1.44. The van der Waals surface area contributed by atoms with Crippen molar-refractivity contribution in [3.8, 4) is 5.75 Å². The van der Waals surface area contributed by atoms with E-state index >= 15 is 0 Å². The minimum absolute atomic E-state index is 0.144. The van der Waals surface area contributed by atoms with Gasteiger partial charge < -0.3 is 10.1 Å². The molecule has 1 fully saturated rings. The van der Waals surface area contributed by atoms with E-state index in [-0.39, 0.29) is 11.9 Å². The number of hydrogen-bond acceptors (Lipinski definition) is 3. The molecule has 0 radical (unpaired) electrons. The molecule has 2 aromatic carbocycles. The van der Waals surface area contributed by atoms with Crippen LogP contribution in [-0.2, 0) is 15.0 Å². The zero-order chi connectivity index (χ0) is 16.4. The molecule has 0 atom stereocenters. The molecule has 0 spiro atoms. The summed E-state index contributed by atoms with van der Waals surface area (Å²) in [5.41, 5.74) is 1.04. The second-order valence-corrected chi connectivity index (χ2v) is 6.12. The Bertz CT molecular complexity index is 734. The first-order valence-corrected chi connectivity index (χ1v) is 7.73. The van der Waals surface area contributed by atoms with Crippen molar-refractivity contribution in [3.05, 3.63) is 59.1 Å². The minimum atomic E-state index is -0.555. The Kier molecular flexibility index (Phi) is 4.09. The zero-order valence-corrected chi connectivity index (χ0v) is 13.4. The molecule has 23 heavy (non-hydrogen) atoms. The van der Waals surface area contributed by atoms with E-state index in [1.165, 1.54) is 6.92 Å². The van der Waals surface area contributed by atoms with Crippen LogP contribution in [0.25, 0.3) is 0 Å². The number of hydrogen-bond donors (Lipinski definition) is 1. The van der Waals surface area contributed by atoms with Crippen molar-refractivity contribution in [2.75, 3.05) is 5.32 Å². The van der Waals surface area contributed by atoms with E-state index in [2.05, 4.69) is 5.32 Å². The van der Waals surface area contributed by atoms with Gasteiger partial charge in [-0.15, -0.1) is 0 Å². The van der Waals surface area contributed by atoms with E-state index in [1.54, 1.807) is 36.4 Å². The Morgan fingerprint density at radius 1 is 1.04 bits per heavy atom. The highest BCUT2D eigenvalue weighted by Crippen LogP contribution is 2.49. The van der Waals surface area contributed by atoms with E-state index in [4.69, 9.17) is 16.3 Å². The molecule has 0 saturated heterocycles. The highest BCUT2D eigenvalue weighted by atomic mass is 35.5. The van der Waals surface area contributed by atoms with Crippen LogP contribution < -0.4 is 10.1 Å². The molecule has 4 nitrogen and oxygen atoms in total. The van der Waals surface area contributed by atoms with Crippen molar-refractivity contribution in [2.24, 2.45) is 0 Å². The van der Waals surface area contributed by atoms with Crippen LogP contribution in [-0.4, -0.2) is 11.9 Å². The van der Waals surface area contributed by atoms with E-state index in [0.717, 1.165) is 18.4 Å². The third-order valence-electron chi connectivity index (χ3n) is 3.92. The summed E-state index contributed by atoms with van der Waals surface area (Å²) in [4.78, 5) is 23.5. The van der Waals surface area contributed by atoms with Gasteiger partial charge in [0.1, 0.15) is 5.75 Å². The van der Waals surface area contributed by atoms with Crippen LogP contribution in [0, 0.1) is 0 Å². The van der Waals surface area contributed by atoms with Crippen LogP contribution in [0.2, 0.25) is 5.02 Å². The topological polar surface area (TPSA) is 55.4 Å². The maximum atomic E-state index is 12.5. The summed E-state index contributed by atoms with van der Waals surface area (Å²) in [5.74, 6) is 0.0610. The molecule has 0 bridgehead atoms. The number of amides is 1. The van der Waals surface area contributed by atoms with E-state index in [9.17, 15) is 9.59 Å². The lowest BCUT2D eigenvalue weighted by Crippen LogP contribution is -2.25. The number of rotatable bonds is 4. The predicted octanol–water partition coefficient (Wildman–Crippen LogP) is 3.94. The van der Waals surface area contributed by atoms with Crippen molar-refractivity contribution in [1.82, 2.24) is 0 Å². The van der Waals surface area contributed by atoms with Gasteiger partial charge in [-0.2, -0.15) is 0 Å². The van der Waals surface area contributed by atoms with Crippen LogP contribution in [0.4, 0.5) is 5.69 Å². The average molecular weight is 330 g/mol. The SMILES string of the molecule is CC(=O)Nc1ccc(OC(=O)C2(c3ccc(Cl)cc3)CC2)cc1. The normalized spacial score (nSPS) is 14.9. The van der Waals surface area contributed by atoms with Crippen molar-refractivity contribution < 1.29 is 14.3 Å². The highest BCUT2D eigenvalue weighted by Gasteiger charge is 2.53. The number of carbonyl (C=O) groups is 2. The number of carbonyl (C=O) groups excluding carboxylic acids is 2. The van der Waals surface area contributed by atoms with Gasteiger partial charge in [0.25, 0.3) is 0 Å². The average Bonchev–Trinajstić information content (AvgIpc) is 3.31. The number of nitrogens with one attached hydrogen (secondary N) is 1. The molecule has 0 aliphatic heterocycles. The molecule has 3 rings (SSSR count). The summed E-state index contributed by atoms with van der Waals surface area (Å²) in [7, 11) is 0. The lowest BCUT2D eigenvalue weighted by Gasteiger charge is -2.15. The van der Waals surface area contributed by atoms with Gasteiger partial charge in [0.05, 0.1) is 5.41 Å². The first-order valence-electron chi connectivity index (χ1n) is 7.36. The molecule has 118 valence electrons. The molecular weight excluding hydrogens is 314 g/mol. The molecule has 1 amide bonds. The second kappa shape index (κ2) is 6.05. The van der Waals surface area contributed by atoms with Gasteiger partial charge >= 0.3 is 5.97 Å². The molecule has 0 aromatic heterocycles. The summed E-state index contributed by atoms with van der Waals surface area (Å²) >= 11 is 5.90. The zero-order valence-electron chi connectivity index (χ0n) is 12.6. The fourth-order valence-corrected chi connectivity index (χ4v) is 2.64. The summed E-state index contributed by atoms with van der Waals surface area (Å²) in [6.07, 6.45) is 1.55. The summed E-state index contributed by atoms with van der Waals surface area (Å²) in [6, 6.07) is 14.0. The minimum Gasteiger partial charge on any atom is -0.426 e. The standard InChI is InChI=1S/C18H16ClNO3/c1-12(21)20-15-6-8-16(9-7-15)23-17(22)18(10-11-18)13-2-4-14(19)5-3-13/h2-9H,10-11H2,1H3,(H,20,21). The van der Waals surface area contributed by atoms with Gasteiger partial charge in [0.2, 0.25) is 5.91 Å². The van der Waals surface area contributed by atoms with Crippen molar-refractivity contribution in [1.29, 1.82) is 0 Å².